The highest BCUT2D eigenvalue weighted by molar-refractivity contribution is 9.10. The number of rotatable bonds is 4. The molecule has 146 valence electrons. The summed E-state index contributed by atoms with van der Waals surface area (Å²) < 4.78 is 2.92. The van der Waals surface area contributed by atoms with Crippen LogP contribution in [0.5, 0.6) is 0 Å². The fourth-order valence-electron chi connectivity index (χ4n) is 4.17. The smallest absolute Gasteiger partial charge is 0.251 e. The van der Waals surface area contributed by atoms with Gasteiger partial charge in [0.15, 0.2) is 0 Å². The number of halogens is 1. The van der Waals surface area contributed by atoms with E-state index in [1.165, 1.54) is 27.8 Å². The summed E-state index contributed by atoms with van der Waals surface area (Å²) in [6, 6.07) is 22.7. The van der Waals surface area contributed by atoms with E-state index in [9.17, 15) is 4.79 Å². The SMILES string of the molecule is Cc1cc(C)c(Cn2c(=O)cc(Cc3ccccc3)c3cc(Br)ccc32)c(C)c1. The van der Waals surface area contributed by atoms with Crippen molar-refractivity contribution in [3.8, 4) is 0 Å². The molecule has 3 aromatic carbocycles. The van der Waals surface area contributed by atoms with Crippen molar-refractivity contribution in [3.63, 3.8) is 0 Å². The van der Waals surface area contributed by atoms with Crippen LogP contribution in [-0.2, 0) is 13.0 Å². The third-order valence-corrected chi connectivity index (χ3v) is 6.05. The van der Waals surface area contributed by atoms with Gasteiger partial charge in [-0.15, -0.1) is 0 Å². The second kappa shape index (κ2) is 8.00. The molecule has 0 saturated carbocycles. The third-order valence-electron chi connectivity index (χ3n) is 5.55. The summed E-state index contributed by atoms with van der Waals surface area (Å²) in [4.78, 5) is 13.2. The van der Waals surface area contributed by atoms with Gasteiger partial charge in [-0.3, -0.25) is 4.79 Å². The van der Waals surface area contributed by atoms with Gasteiger partial charge >= 0.3 is 0 Å². The van der Waals surface area contributed by atoms with E-state index in [1.807, 2.05) is 34.9 Å². The van der Waals surface area contributed by atoms with Crippen LogP contribution in [0.2, 0.25) is 0 Å². The van der Waals surface area contributed by atoms with Crippen LogP contribution in [0.15, 0.2) is 76.0 Å². The fourth-order valence-corrected chi connectivity index (χ4v) is 4.53. The number of hydrogen-bond acceptors (Lipinski definition) is 1. The third kappa shape index (κ3) is 4.06. The Kier molecular flexibility index (Phi) is 5.42. The van der Waals surface area contributed by atoms with Crippen molar-refractivity contribution >= 4 is 26.8 Å². The van der Waals surface area contributed by atoms with Crippen molar-refractivity contribution in [2.24, 2.45) is 0 Å². The molecule has 0 amide bonds. The molecule has 0 radical (unpaired) electrons. The zero-order chi connectivity index (χ0) is 20.5. The molecule has 0 N–H and O–H groups in total. The first-order valence-corrected chi connectivity index (χ1v) is 10.6. The van der Waals surface area contributed by atoms with E-state index in [1.54, 1.807) is 6.07 Å². The van der Waals surface area contributed by atoms with E-state index in [0.717, 1.165) is 27.4 Å². The minimum absolute atomic E-state index is 0.0464. The monoisotopic (exact) mass is 445 g/mol. The van der Waals surface area contributed by atoms with Crippen LogP contribution in [0.4, 0.5) is 0 Å². The van der Waals surface area contributed by atoms with Gasteiger partial charge in [-0.2, -0.15) is 0 Å². The van der Waals surface area contributed by atoms with E-state index < -0.39 is 0 Å². The van der Waals surface area contributed by atoms with Gasteiger partial charge in [0.05, 0.1) is 12.1 Å². The van der Waals surface area contributed by atoms with Crippen LogP contribution in [0.1, 0.15) is 33.4 Å². The Hall–Kier alpha value is -2.65. The molecule has 3 heteroatoms. The van der Waals surface area contributed by atoms with Gasteiger partial charge in [-0.25, -0.2) is 0 Å². The number of aromatic nitrogens is 1. The number of benzene rings is 3. The highest BCUT2D eigenvalue weighted by Crippen LogP contribution is 2.26. The molecular weight excluding hydrogens is 422 g/mol. The van der Waals surface area contributed by atoms with E-state index in [4.69, 9.17) is 0 Å². The number of aryl methyl sites for hydroxylation is 3. The Balaban J connectivity index is 1.87. The van der Waals surface area contributed by atoms with Crippen molar-refractivity contribution in [1.82, 2.24) is 4.57 Å². The normalized spacial score (nSPS) is 11.2. The zero-order valence-corrected chi connectivity index (χ0v) is 18.6. The first kappa shape index (κ1) is 19.7. The molecule has 0 aliphatic carbocycles. The molecule has 0 aliphatic heterocycles. The van der Waals surface area contributed by atoms with Gasteiger partial charge in [-0.1, -0.05) is 64.0 Å². The maximum Gasteiger partial charge on any atom is 0.251 e. The van der Waals surface area contributed by atoms with E-state index >= 15 is 0 Å². The Labute approximate surface area is 180 Å². The lowest BCUT2D eigenvalue weighted by Crippen LogP contribution is -2.22. The molecule has 0 atom stereocenters. The van der Waals surface area contributed by atoms with Crippen molar-refractivity contribution in [2.45, 2.75) is 33.7 Å². The lowest BCUT2D eigenvalue weighted by molar-refractivity contribution is 0.781. The van der Waals surface area contributed by atoms with Crippen molar-refractivity contribution in [1.29, 1.82) is 0 Å². The molecule has 0 aliphatic rings. The molecule has 0 saturated heterocycles. The minimum Gasteiger partial charge on any atom is -0.304 e. The van der Waals surface area contributed by atoms with Gasteiger partial charge in [-0.05, 0) is 73.2 Å². The zero-order valence-electron chi connectivity index (χ0n) is 17.0. The maximum atomic E-state index is 13.2. The van der Waals surface area contributed by atoms with Gasteiger partial charge in [0, 0.05) is 15.9 Å². The number of pyridine rings is 1. The highest BCUT2D eigenvalue weighted by atomic mass is 79.9. The summed E-state index contributed by atoms with van der Waals surface area (Å²) in [5.41, 5.74) is 8.22. The molecule has 1 aromatic heterocycles. The second-order valence-electron chi connectivity index (χ2n) is 7.80. The lowest BCUT2D eigenvalue weighted by atomic mass is 9.98. The molecule has 2 nitrogen and oxygen atoms in total. The molecule has 4 rings (SSSR count). The fraction of sp³-hybridized carbons (Fsp3) is 0.192. The van der Waals surface area contributed by atoms with Crippen LogP contribution in [-0.4, -0.2) is 4.57 Å². The molecule has 1 heterocycles. The summed E-state index contributed by atoms with van der Waals surface area (Å²) in [6.45, 7) is 6.95. The molecule has 0 fully saturated rings. The molecule has 0 spiro atoms. The topological polar surface area (TPSA) is 22.0 Å². The van der Waals surface area contributed by atoms with Gasteiger partial charge < -0.3 is 4.57 Å². The second-order valence-corrected chi connectivity index (χ2v) is 8.71. The first-order chi connectivity index (χ1) is 13.9. The van der Waals surface area contributed by atoms with Crippen LogP contribution in [0.25, 0.3) is 10.9 Å². The van der Waals surface area contributed by atoms with Crippen LogP contribution in [0.3, 0.4) is 0 Å². The number of fused-ring (bicyclic) bond motifs is 1. The number of hydrogen-bond donors (Lipinski definition) is 0. The summed E-state index contributed by atoms with van der Waals surface area (Å²) in [6.07, 6.45) is 0.743. The summed E-state index contributed by atoms with van der Waals surface area (Å²) in [5.74, 6) is 0. The highest BCUT2D eigenvalue weighted by Gasteiger charge is 2.13. The van der Waals surface area contributed by atoms with Gasteiger partial charge in [0.1, 0.15) is 0 Å². The molecule has 0 unspecified atom stereocenters. The molecular formula is C26H24BrNO. The Morgan fingerprint density at radius 1 is 0.862 bits per heavy atom. The van der Waals surface area contributed by atoms with Crippen LogP contribution in [0, 0.1) is 20.8 Å². The van der Waals surface area contributed by atoms with Gasteiger partial charge in [0.25, 0.3) is 5.56 Å². The van der Waals surface area contributed by atoms with E-state index in [-0.39, 0.29) is 5.56 Å². The number of nitrogens with zero attached hydrogens (tertiary/aromatic N) is 1. The van der Waals surface area contributed by atoms with Crippen molar-refractivity contribution in [3.05, 3.63) is 115 Å². The predicted octanol–water partition coefficient (Wildman–Crippen LogP) is 6.33. The van der Waals surface area contributed by atoms with E-state index in [2.05, 4.69) is 67.0 Å². The standard InChI is InChI=1S/C26H24BrNO/c1-17-11-18(2)24(19(3)12-17)16-28-25-10-9-22(27)15-23(25)21(14-26(28)29)13-20-7-5-4-6-8-20/h4-12,14-15H,13,16H2,1-3H3. The summed E-state index contributed by atoms with van der Waals surface area (Å²) >= 11 is 3.61. The Morgan fingerprint density at radius 3 is 2.24 bits per heavy atom. The Bertz CT molecular complexity index is 1230. The molecule has 4 aromatic rings. The summed E-state index contributed by atoms with van der Waals surface area (Å²) in [7, 11) is 0. The largest absolute Gasteiger partial charge is 0.304 e. The maximum absolute atomic E-state index is 13.2. The van der Waals surface area contributed by atoms with Crippen molar-refractivity contribution in [2.75, 3.05) is 0 Å². The summed E-state index contributed by atoms with van der Waals surface area (Å²) in [5, 5.41) is 1.12. The quantitative estimate of drug-likeness (QED) is 0.359. The Morgan fingerprint density at radius 2 is 1.55 bits per heavy atom. The average Bonchev–Trinajstić information content (AvgIpc) is 2.67. The van der Waals surface area contributed by atoms with E-state index in [0.29, 0.717) is 6.54 Å². The lowest BCUT2D eigenvalue weighted by Gasteiger charge is -2.17. The average molecular weight is 446 g/mol. The molecule has 0 bridgehead atoms. The van der Waals surface area contributed by atoms with Crippen molar-refractivity contribution < 1.29 is 0 Å². The van der Waals surface area contributed by atoms with Crippen LogP contribution >= 0.6 is 15.9 Å². The molecule has 29 heavy (non-hydrogen) atoms. The minimum atomic E-state index is 0.0464. The van der Waals surface area contributed by atoms with Gasteiger partial charge in [0.2, 0.25) is 0 Å². The first-order valence-electron chi connectivity index (χ1n) is 9.85. The van der Waals surface area contributed by atoms with Crippen LogP contribution < -0.4 is 5.56 Å². The predicted molar refractivity (Wildman–Crippen MR) is 125 cm³/mol.